The van der Waals surface area contributed by atoms with Crippen LogP contribution in [0.3, 0.4) is 0 Å². The molecule has 1 atom stereocenters. The molecular weight excluding hydrogens is 252 g/mol. The summed E-state index contributed by atoms with van der Waals surface area (Å²) in [6.07, 6.45) is -0.784. The van der Waals surface area contributed by atoms with Gasteiger partial charge in [-0.2, -0.15) is 0 Å². The molecule has 0 radical (unpaired) electrons. The van der Waals surface area contributed by atoms with Gasteiger partial charge in [-0.15, -0.1) is 0 Å². The van der Waals surface area contributed by atoms with Crippen LogP contribution in [-0.4, -0.2) is 25.2 Å². The topological polar surface area (TPSA) is 92.4 Å². The molecule has 1 aromatic rings. The van der Waals surface area contributed by atoms with Gasteiger partial charge in [-0.3, -0.25) is 0 Å². The SMILES string of the molecule is CC(O)C(C)(C)NS(=O)(=O)Cc1cccc(N)c1. The molecule has 0 heterocycles. The predicted octanol–water partition coefficient (Wildman–Crippen LogP) is 0.848. The molecule has 5 nitrogen and oxygen atoms in total. The molecule has 4 N–H and O–H groups in total. The van der Waals surface area contributed by atoms with E-state index in [0.717, 1.165) is 0 Å². The first-order chi connectivity index (χ1) is 8.12. The fourth-order valence-corrected chi connectivity index (χ4v) is 3.09. The zero-order valence-corrected chi connectivity index (χ0v) is 11.7. The van der Waals surface area contributed by atoms with Gasteiger partial charge in [0.25, 0.3) is 0 Å². The average Bonchev–Trinajstić information content (AvgIpc) is 2.14. The normalized spacial score (nSPS) is 14.4. The summed E-state index contributed by atoms with van der Waals surface area (Å²) >= 11 is 0. The van der Waals surface area contributed by atoms with Gasteiger partial charge in [-0.05, 0) is 38.5 Å². The third kappa shape index (κ3) is 4.29. The van der Waals surface area contributed by atoms with E-state index in [0.29, 0.717) is 11.3 Å². The molecule has 0 spiro atoms. The van der Waals surface area contributed by atoms with Gasteiger partial charge >= 0.3 is 0 Å². The lowest BCUT2D eigenvalue weighted by atomic mass is 10.0. The maximum Gasteiger partial charge on any atom is 0.216 e. The first-order valence-corrected chi connectivity index (χ1v) is 7.32. The van der Waals surface area contributed by atoms with Crippen molar-refractivity contribution in [1.82, 2.24) is 4.72 Å². The molecule has 0 saturated carbocycles. The number of aliphatic hydroxyl groups excluding tert-OH is 1. The van der Waals surface area contributed by atoms with Crippen LogP contribution in [0.2, 0.25) is 0 Å². The Labute approximate surface area is 108 Å². The molecule has 0 aliphatic rings. The minimum atomic E-state index is -3.52. The molecule has 18 heavy (non-hydrogen) atoms. The highest BCUT2D eigenvalue weighted by atomic mass is 32.2. The predicted molar refractivity (Wildman–Crippen MR) is 72.4 cm³/mol. The quantitative estimate of drug-likeness (QED) is 0.693. The van der Waals surface area contributed by atoms with E-state index >= 15 is 0 Å². The van der Waals surface area contributed by atoms with Crippen molar-refractivity contribution in [1.29, 1.82) is 0 Å². The van der Waals surface area contributed by atoms with Crippen LogP contribution >= 0.6 is 0 Å². The summed E-state index contributed by atoms with van der Waals surface area (Å²) in [5, 5.41) is 9.51. The van der Waals surface area contributed by atoms with Crippen molar-refractivity contribution in [3.63, 3.8) is 0 Å². The van der Waals surface area contributed by atoms with Crippen molar-refractivity contribution in [3.05, 3.63) is 29.8 Å². The van der Waals surface area contributed by atoms with E-state index in [9.17, 15) is 13.5 Å². The molecule has 0 bridgehead atoms. The molecule has 0 aromatic heterocycles. The monoisotopic (exact) mass is 272 g/mol. The summed E-state index contributed by atoms with van der Waals surface area (Å²) in [7, 11) is -3.52. The van der Waals surface area contributed by atoms with Crippen molar-refractivity contribution in [2.75, 3.05) is 5.73 Å². The van der Waals surface area contributed by atoms with Crippen molar-refractivity contribution in [2.24, 2.45) is 0 Å². The minimum Gasteiger partial charge on any atom is -0.399 e. The van der Waals surface area contributed by atoms with Crippen LogP contribution in [0.4, 0.5) is 5.69 Å². The average molecular weight is 272 g/mol. The Morgan fingerprint density at radius 3 is 2.56 bits per heavy atom. The van der Waals surface area contributed by atoms with Gasteiger partial charge in [-0.25, -0.2) is 13.1 Å². The van der Waals surface area contributed by atoms with Crippen molar-refractivity contribution in [3.8, 4) is 0 Å². The molecule has 102 valence electrons. The molecule has 1 unspecified atom stereocenters. The molecule has 1 aromatic carbocycles. The van der Waals surface area contributed by atoms with Gasteiger partial charge in [0.05, 0.1) is 17.4 Å². The van der Waals surface area contributed by atoms with Crippen LogP contribution in [0.15, 0.2) is 24.3 Å². The molecule has 6 heteroatoms. The highest BCUT2D eigenvalue weighted by Gasteiger charge is 2.29. The van der Waals surface area contributed by atoms with Crippen molar-refractivity contribution >= 4 is 15.7 Å². The van der Waals surface area contributed by atoms with Crippen molar-refractivity contribution < 1.29 is 13.5 Å². The lowest BCUT2D eigenvalue weighted by Crippen LogP contribution is -2.51. The van der Waals surface area contributed by atoms with Gasteiger partial charge in [0, 0.05) is 5.69 Å². The Hall–Kier alpha value is -1.11. The van der Waals surface area contributed by atoms with Crippen LogP contribution in [0, 0.1) is 0 Å². The molecule has 0 saturated heterocycles. The second kappa shape index (κ2) is 5.26. The third-order valence-electron chi connectivity index (χ3n) is 2.77. The number of benzene rings is 1. The number of rotatable bonds is 5. The Bertz CT molecular complexity index is 510. The fraction of sp³-hybridized carbons (Fsp3) is 0.500. The summed E-state index contributed by atoms with van der Waals surface area (Å²) in [6.45, 7) is 4.81. The van der Waals surface area contributed by atoms with Gasteiger partial charge in [0.1, 0.15) is 0 Å². The number of aliphatic hydroxyl groups is 1. The number of hydrogen-bond donors (Lipinski definition) is 3. The number of nitrogen functional groups attached to an aromatic ring is 1. The van der Waals surface area contributed by atoms with Gasteiger partial charge in [0.2, 0.25) is 10.0 Å². The first kappa shape index (κ1) is 14.9. The standard InChI is InChI=1S/C12H20N2O3S/c1-9(15)12(2,3)14-18(16,17)8-10-5-4-6-11(13)7-10/h4-7,9,14-15H,8,13H2,1-3H3. The lowest BCUT2D eigenvalue weighted by Gasteiger charge is -2.28. The summed E-state index contributed by atoms with van der Waals surface area (Å²) in [6, 6.07) is 6.73. The first-order valence-electron chi connectivity index (χ1n) is 5.66. The summed E-state index contributed by atoms with van der Waals surface area (Å²) in [4.78, 5) is 0. The zero-order chi connectivity index (χ0) is 14.0. The van der Waals surface area contributed by atoms with Crippen LogP contribution in [0.5, 0.6) is 0 Å². The number of nitrogens with one attached hydrogen (secondary N) is 1. The Morgan fingerprint density at radius 2 is 2.06 bits per heavy atom. The van der Waals surface area contributed by atoms with Gasteiger partial charge in [0.15, 0.2) is 0 Å². The summed E-state index contributed by atoms with van der Waals surface area (Å²) in [5.74, 6) is -0.159. The molecule has 0 fully saturated rings. The number of hydrogen-bond acceptors (Lipinski definition) is 4. The third-order valence-corrected chi connectivity index (χ3v) is 4.32. The van der Waals surface area contributed by atoms with E-state index in [1.165, 1.54) is 0 Å². The van der Waals surface area contributed by atoms with Crippen LogP contribution in [-0.2, 0) is 15.8 Å². The second-order valence-electron chi connectivity index (χ2n) is 5.00. The molecule has 1 rings (SSSR count). The highest BCUT2D eigenvalue weighted by Crippen LogP contribution is 2.14. The Morgan fingerprint density at radius 1 is 1.44 bits per heavy atom. The highest BCUT2D eigenvalue weighted by molar-refractivity contribution is 7.88. The van der Waals surface area contributed by atoms with E-state index in [2.05, 4.69) is 4.72 Å². The van der Waals surface area contributed by atoms with E-state index in [4.69, 9.17) is 5.73 Å². The largest absolute Gasteiger partial charge is 0.399 e. The molecule has 0 aliphatic heterocycles. The fourth-order valence-electron chi connectivity index (χ4n) is 1.42. The maximum absolute atomic E-state index is 12.0. The zero-order valence-electron chi connectivity index (χ0n) is 10.8. The lowest BCUT2D eigenvalue weighted by molar-refractivity contribution is 0.111. The Balaban J connectivity index is 2.83. The van der Waals surface area contributed by atoms with Crippen LogP contribution in [0.25, 0.3) is 0 Å². The van der Waals surface area contributed by atoms with Crippen LogP contribution in [0.1, 0.15) is 26.3 Å². The number of sulfonamides is 1. The van der Waals surface area contributed by atoms with Crippen molar-refractivity contribution in [2.45, 2.75) is 38.2 Å². The molecular formula is C12H20N2O3S. The smallest absolute Gasteiger partial charge is 0.216 e. The van der Waals surface area contributed by atoms with E-state index < -0.39 is 21.7 Å². The maximum atomic E-state index is 12.0. The minimum absolute atomic E-state index is 0.159. The number of anilines is 1. The Kier molecular flexibility index (Phi) is 4.37. The second-order valence-corrected chi connectivity index (χ2v) is 6.73. The van der Waals surface area contributed by atoms with E-state index in [1.54, 1.807) is 45.0 Å². The van der Waals surface area contributed by atoms with E-state index in [1.807, 2.05) is 0 Å². The molecule has 0 aliphatic carbocycles. The van der Waals surface area contributed by atoms with Crippen LogP contribution < -0.4 is 10.5 Å². The molecule has 0 amide bonds. The van der Waals surface area contributed by atoms with Gasteiger partial charge in [-0.1, -0.05) is 12.1 Å². The van der Waals surface area contributed by atoms with E-state index in [-0.39, 0.29) is 5.75 Å². The summed E-state index contributed by atoms with van der Waals surface area (Å²) < 4.78 is 26.4. The number of nitrogens with two attached hydrogens (primary N) is 1. The van der Waals surface area contributed by atoms with Gasteiger partial charge < -0.3 is 10.8 Å². The summed E-state index contributed by atoms with van der Waals surface area (Å²) in [5.41, 5.74) is 5.83.